The van der Waals surface area contributed by atoms with E-state index >= 15 is 0 Å². The fourth-order valence-corrected chi connectivity index (χ4v) is 13.1. The molecule has 2 heterocycles. The number of nitrogens with zero attached hydrogens (tertiary/aromatic N) is 4. The van der Waals surface area contributed by atoms with Crippen molar-refractivity contribution < 1.29 is 19.4 Å². The van der Waals surface area contributed by atoms with Gasteiger partial charge in [0.25, 0.3) is 5.95 Å². The number of rotatable bonds is 11. The van der Waals surface area contributed by atoms with Crippen molar-refractivity contribution in [3.05, 3.63) is 47.5 Å². The van der Waals surface area contributed by atoms with E-state index in [9.17, 15) is 9.90 Å². The maximum absolute atomic E-state index is 13.5. The minimum Gasteiger partial charge on any atom is -0.481 e. The lowest BCUT2D eigenvalue weighted by Crippen LogP contribution is -2.69. The van der Waals surface area contributed by atoms with E-state index in [4.69, 9.17) is 15.2 Å². The molecule has 1 aliphatic heterocycles. The largest absolute Gasteiger partial charge is 0.481 e. The van der Waals surface area contributed by atoms with Crippen LogP contribution in [-0.2, 0) is 20.8 Å². The molecule has 1 unspecified atom stereocenters. The molecule has 0 amide bonds. The van der Waals surface area contributed by atoms with Crippen molar-refractivity contribution in [3.8, 4) is 0 Å². The van der Waals surface area contributed by atoms with Crippen molar-refractivity contribution in [1.29, 1.82) is 0 Å². The lowest BCUT2D eigenvalue weighted by Gasteiger charge is -2.71. The number of hydrogen-bond acceptors (Lipinski definition) is 8. The second-order valence-electron chi connectivity index (χ2n) is 20.2. The van der Waals surface area contributed by atoms with Gasteiger partial charge in [0, 0.05) is 22.9 Å². The smallest absolute Gasteiger partial charge is 0.307 e. The molecule has 0 radical (unpaired) electrons. The van der Waals surface area contributed by atoms with Crippen molar-refractivity contribution in [2.24, 2.45) is 62.6 Å². The highest BCUT2D eigenvalue weighted by atomic mass is 16.5. The molecule has 4 aliphatic carbocycles. The summed E-state index contributed by atoms with van der Waals surface area (Å²) in [5, 5.41) is 28.3. The second kappa shape index (κ2) is 13.7. The van der Waals surface area contributed by atoms with Gasteiger partial charge in [0.05, 0.1) is 31.8 Å². The first-order valence-corrected chi connectivity index (χ1v) is 20.8. The minimum absolute atomic E-state index is 0.161. The number of benzene rings is 1. The third-order valence-electron chi connectivity index (χ3n) is 17.2. The monoisotopic (exact) mass is 745 g/mol. The van der Waals surface area contributed by atoms with Crippen molar-refractivity contribution in [3.63, 3.8) is 0 Å². The number of nitrogens with two attached hydrogens (primary N) is 1. The van der Waals surface area contributed by atoms with Crippen molar-refractivity contribution in [2.45, 2.75) is 132 Å². The van der Waals surface area contributed by atoms with E-state index in [2.05, 4.69) is 126 Å². The Morgan fingerprint density at radius 2 is 1.80 bits per heavy atom. The number of fused-ring (bicyclic) bond motifs is 3. The summed E-state index contributed by atoms with van der Waals surface area (Å²) < 4.78 is 14.1. The molecule has 1 aromatic heterocycles. The van der Waals surface area contributed by atoms with Gasteiger partial charge in [0.15, 0.2) is 0 Å². The third-order valence-corrected chi connectivity index (χ3v) is 17.2. The van der Waals surface area contributed by atoms with Gasteiger partial charge in [0.2, 0.25) is 0 Å². The summed E-state index contributed by atoms with van der Waals surface area (Å²) in [4.78, 5) is 15.3. The molecule has 7 rings (SSSR count). The van der Waals surface area contributed by atoms with E-state index in [0.29, 0.717) is 43.5 Å². The first-order valence-electron chi connectivity index (χ1n) is 20.8. The molecule has 4 N–H and O–H groups in total. The maximum Gasteiger partial charge on any atom is 0.307 e. The number of nitrogens with one attached hydrogen (secondary N) is 1. The number of anilines is 1. The topological polar surface area (TPSA) is 137 Å². The fourth-order valence-electron chi connectivity index (χ4n) is 13.1. The van der Waals surface area contributed by atoms with E-state index in [1.807, 2.05) is 0 Å². The Kier molecular flexibility index (Phi) is 9.99. The Labute approximate surface area is 323 Å². The number of carboxylic acid groups (broad SMARTS) is 1. The predicted molar refractivity (Wildman–Crippen MR) is 211 cm³/mol. The van der Waals surface area contributed by atoms with Crippen molar-refractivity contribution >= 4 is 11.9 Å². The molecular weight excluding hydrogens is 677 g/mol. The number of tetrazole rings is 1. The number of carboxylic acids is 1. The standard InChI is InChI=1S/C44H68N6O4/c1-27(2)29(5)39(6)20-21-41(8)31-16-17-34-40(7)24-53-26-44(34,32(31)18-19-42(41,9)35(39)37(51)52)22-33(50-48-38(45)47-49-50)36(40)54-25-43(10,28(3)4)46-23-30-14-12-11-13-15-30/h11-15,18,27-29,31,33-36,46H,16-17,19-26H2,1-10H3,(H2,45,48)(H,51,52)/t29-,31+,33-,34+,35-,36+,39-,40+,41-,42+,43-,44?/m1/s1. The summed E-state index contributed by atoms with van der Waals surface area (Å²) in [5.41, 5.74) is 7.22. The van der Waals surface area contributed by atoms with Crippen LogP contribution < -0.4 is 11.1 Å². The van der Waals surface area contributed by atoms with Crippen LogP contribution in [0.15, 0.2) is 42.0 Å². The summed E-state index contributed by atoms with van der Waals surface area (Å²) in [6, 6.07) is 10.3. The van der Waals surface area contributed by atoms with Crippen LogP contribution >= 0.6 is 0 Å². The highest BCUT2D eigenvalue weighted by Gasteiger charge is 2.72. The normalized spacial score (nSPS) is 40.6. The molecule has 54 heavy (non-hydrogen) atoms. The van der Waals surface area contributed by atoms with Gasteiger partial charge in [-0.1, -0.05) is 109 Å². The summed E-state index contributed by atoms with van der Waals surface area (Å²) in [7, 11) is 0. The average Bonchev–Trinajstić information content (AvgIpc) is 3.56. The Hall–Kier alpha value is -2.82. The summed E-state index contributed by atoms with van der Waals surface area (Å²) in [5.74, 6) is 0.753. The molecule has 12 atom stereocenters. The van der Waals surface area contributed by atoms with E-state index in [1.54, 1.807) is 4.80 Å². The zero-order valence-electron chi connectivity index (χ0n) is 34.7. The van der Waals surface area contributed by atoms with E-state index in [0.717, 1.165) is 45.1 Å². The lowest BCUT2D eigenvalue weighted by molar-refractivity contribution is -0.254. The molecule has 3 saturated carbocycles. The van der Waals surface area contributed by atoms with Gasteiger partial charge in [0.1, 0.15) is 6.04 Å². The second-order valence-corrected chi connectivity index (χ2v) is 20.2. The number of nitrogen functional groups attached to an aromatic ring is 1. The number of aromatic nitrogens is 4. The summed E-state index contributed by atoms with van der Waals surface area (Å²) >= 11 is 0. The number of carbonyl (C=O) groups is 1. The zero-order chi connectivity index (χ0) is 39.1. The number of hydrogen-bond donors (Lipinski definition) is 3. The molecule has 10 nitrogen and oxygen atoms in total. The van der Waals surface area contributed by atoms with Gasteiger partial charge in [-0.15, -0.1) is 5.10 Å². The first kappa shape index (κ1) is 39.4. The maximum atomic E-state index is 13.5. The van der Waals surface area contributed by atoms with E-state index in [1.165, 1.54) is 11.1 Å². The molecular formula is C44H68N6O4. The molecule has 10 heteroatoms. The highest BCUT2D eigenvalue weighted by Crippen LogP contribution is 2.75. The molecule has 2 bridgehead atoms. The van der Waals surface area contributed by atoms with E-state index in [-0.39, 0.29) is 56.6 Å². The van der Waals surface area contributed by atoms with Crippen LogP contribution in [0.1, 0.15) is 119 Å². The summed E-state index contributed by atoms with van der Waals surface area (Å²) in [6.07, 6.45) is 7.86. The van der Waals surface area contributed by atoms with Crippen LogP contribution in [0.4, 0.5) is 5.95 Å². The average molecular weight is 745 g/mol. The fraction of sp³-hybridized carbons (Fsp3) is 0.773. The molecule has 1 saturated heterocycles. The van der Waals surface area contributed by atoms with Gasteiger partial charge in [-0.25, -0.2) is 0 Å². The Morgan fingerprint density at radius 3 is 2.43 bits per heavy atom. The lowest BCUT2D eigenvalue weighted by atomic mass is 9.34. The van der Waals surface area contributed by atoms with Gasteiger partial charge >= 0.3 is 5.97 Å². The molecule has 298 valence electrons. The van der Waals surface area contributed by atoms with Crippen molar-refractivity contribution in [2.75, 3.05) is 25.6 Å². The van der Waals surface area contributed by atoms with Gasteiger partial charge < -0.3 is 25.6 Å². The van der Waals surface area contributed by atoms with Crippen LogP contribution in [0.5, 0.6) is 0 Å². The zero-order valence-corrected chi connectivity index (χ0v) is 34.7. The Bertz CT molecular complexity index is 1730. The third kappa shape index (κ3) is 5.81. The van der Waals surface area contributed by atoms with Crippen LogP contribution in [0.25, 0.3) is 0 Å². The number of aliphatic carboxylic acids is 1. The Balaban J connectivity index is 1.26. The minimum atomic E-state index is -0.630. The van der Waals surface area contributed by atoms with E-state index < -0.39 is 11.9 Å². The highest BCUT2D eigenvalue weighted by molar-refractivity contribution is 5.73. The van der Waals surface area contributed by atoms with Gasteiger partial charge in [-0.3, -0.25) is 4.79 Å². The van der Waals surface area contributed by atoms with Crippen LogP contribution in [-0.4, -0.2) is 62.7 Å². The quantitative estimate of drug-likeness (QED) is 0.196. The predicted octanol–water partition coefficient (Wildman–Crippen LogP) is 7.97. The van der Waals surface area contributed by atoms with Crippen LogP contribution in [0, 0.1) is 62.6 Å². The molecule has 0 spiro atoms. The summed E-state index contributed by atoms with van der Waals surface area (Å²) in [6.45, 7) is 25.5. The number of allylic oxidation sites excluding steroid dienone is 1. The van der Waals surface area contributed by atoms with Gasteiger partial charge in [-0.05, 0) is 102 Å². The molecule has 4 fully saturated rings. The molecule has 2 aromatic rings. The molecule has 5 aliphatic rings. The number of ether oxygens (including phenoxy) is 2. The van der Waals surface area contributed by atoms with Crippen molar-refractivity contribution in [1.82, 2.24) is 25.5 Å². The van der Waals surface area contributed by atoms with Crippen LogP contribution in [0.2, 0.25) is 0 Å². The first-order chi connectivity index (χ1) is 25.4. The van der Waals surface area contributed by atoms with Crippen LogP contribution in [0.3, 0.4) is 0 Å². The molecule has 1 aromatic carbocycles. The Morgan fingerprint density at radius 1 is 1.07 bits per heavy atom. The SMILES string of the molecule is CC(C)[C@@H](C)[C@@]1(C)CC[C@]2(C)[C@H]3CC[C@@H]4C5(COC[C@]4(C)[C@@H](OC[C@@](C)(NCc4ccccc4)C(C)C)[C@H](n4nnc(N)n4)C5)C3=CC[C@@]2(C)[C@@H]1C(=O)O. The van der Waals surface area contributed by atoms with Gasteiger partial charge in [-0.2, -0.15) is 4.80 Å².